The van der Waals surface area contributed by atoms with Crippen LogP contribution in [-0.2, 0) is 0 Å². The van der Waals surface area contributed by atoms with Gasteiger partial charge in [-0.15, -0.1) is 0 Å². The standard InChI is InChI=1S/C19H20ClN3O3/c1-10-9-21-23(11(2)12-4-5-12)18(10)22-19(24)16-7-13-6-14(20)8-15(25-3)17(13)26-16/h6-9,11-12H,4-5H2,1-3H3,(H,22,24). The number of anilines is 1. The normalized spacial score (nSPS) is 15.2. The van der Waals surface area contributed by atoms with Gasteiger partial charge in [0.25, 0.3) is 5.91 Å². The highest BCUT2D eigenvalue weighted by Gasteiger charge is 2.31. The lowest BCUT2D eigenvalue weighted by Crippen LogP contribution is -2.18. The van der Waals surface area contributed by atoms with Crippen molar-refractivity contribution in [3.63, 3.8) is 0 Å². The van der Waals surface area contributed by atoms with E-state index in [9.17, 15) is 4.79 Å². The van der Waals surface area contributed by atoms with E-state index >= 15 is 0 Å². The van der Waals surface area contributed by atoms with Crippen LogP contribution in [0.2, 0.25) is 5.02 Å². The molecule has 0 bridgehead atoms. The van der Waals surface area contributed by atoms with E-state index in [2.05, 4.69) is 17.3 Å². The van der Waals surface area contributed by atoms with Crippen LogP contribution in [0, 0.1) is 12.8 Å². The Hall–Kier alpha value is -2.47. The van der Waals surface area contributed by atoms with Crippen molar-refractivity contribution in [1.82, 2.24) is 9.78 Å². The van der Waals surface area contributed by atoms with E-state index in [0.29, 0.717) is 28.1 Å². The summed E-state index contributed by atoms with van der Waals surface area (Å²) in [5, 5.41) is 8.63. The van der Waals surface area contributed by atoms with Gasteiger partial charge in [-0.1, -0.05) is 11.6 Å². The van der Waals surface area contributed by atoms with Crippen LogP contribution < -0.4 is 10.1 Å². The summed E-state index contributed by atoms with van der Waals surface area (Å²) in [5.41, 5.74) is 1.42. The van der Waals surface area contributed by atoms with E-state index in [0.717, 1.165) is 10.9 Å². The molecule has 1 atom stereocenters. The van der Waals surface area contributed by atoms with E-state index in [1.807, 2.05) is 11.6 Å². The lowest BCUT2D eigenvalue weighted by molar-refractivity contribution is 0.0997. The summed E-state index contributed by atoms with van der Waals surface area (Å²) in [5.74, 6) is 1.71. The number of hydrogen-bond donors (Lipinski definition) is 1. The van der Waals surface area contributed by atoms with E-state index in [1.165, 1.54) is 20.0 Å². The molecule has 1 saturated carbocycles. The number of halogens is 1. The monoisotopic (exact) mass is 373 g/mol. The van der Waals surface area contributed by atoms with Crippen LogP contribution >= 0.6 is 11.6 Å². The average molecular weight is 374 g/mol. The fourth-order valence-corrected chi connectivity index (χ4v) is 3.43. The quantitative estimate of drug-likeness (QED) is 0.695. The molecule has 4 rings (SSSR count). The molecule has 7 heteroatoms. The SMILES string of the molecule is COc1cc(Cl)cc2cc(C(=O)Nc3c(C)cnn3C(C)C3CC3)oc12. The maximum Gasteiger partial charge on any atom is 0.292 e. The maximum absolute atomic E-state index is 12.8. The molecule has 1 N–H and O–H groups in total. The summed E-state index contributed by atoms with van der Waals surface area (Å²) in [6, 6.07) is 5.32. The molecule has 1 aromatic carbocycles. The van der Waals surface area contributed by atoms with E-state index in [1.54, 1.807) is 24.4 Å². The van der Waals surface area contributed by atoms with Gasteiger partial charge >= 0.3 is 0 Å². The number of hydrogen-bond acceptors (Lipinski definition) is 4. The number of carbonyl (C=O) groups excluding carboxylic acids is 1. The number of ether oxygens (including phenoxy) is 1. The third kappa shape index (κ3) is 2.94. The zero-order valence-electron chi connectivity index (χ0n) is 14.9. The van der Waals surface area contributed by atoms with Gasteiger partial charge in [0.2, 0.25) is 0 Å². The molecular weight excluding hydrogens is 354 g/mol. The first-order valence-electron chi connectivity index (χ1n) is 8.60. The summed E-state index contributed by atoms with van der Waals surface area (Å²) >= 11 is 6.08. The Balaban J connectivity index is 1.65. The first-order valence-corrected chi connectivity index (χ1v) is 8.98. The van der Waals surface area contributed by atoms with Crippen LogP contribution in [0.15, 0.2) is 28.8 Å². The topological polar surface area (TPSA) is 69.3 Å². The summed E-state index contributed by atoms with van der Waals surface area (Å²) in [6.07, 6.45) is 4.19. The van der Waals surface area contributed by atoms with Crippen LogP contribution in [0.4, 0.5) is 5.82 Å². The van der Waals surface area contributed by atoms with Crippen LogP contribution in [0.25, 0.3) is 11.0 Å². The molecule has 3 aromatic rings. The number of amides is 1. The smallest absolute Gasteiger partial charge is 0.292 e. The first kappa shape index (κ1) is 17.0. The highest BCUT2D eigenvalue weighted by Crippen LogP contribution is 2.40. The minimum atomic E-state index is -0.327. The zero-order chi connectivity index (χ0) is 18.4. The van der Waals surface area contributed by atoms with E-state index in [4.69, 9.17) is 20.8 Å². The molecule has 2 aromatic heterocycles. The number of aromatic nitrogens is 2. The number of fused-ring (bicyclic) bond motifs is 1. The summed E-state index contributed by atoms with van der Waals surface area (Å²) in [7, 11) is 1.54. The molecule has 26 heavy (non-hydrogen) atoms. The molecule has 1 unspecified atom stereocenters. The fraction of sp³-hybridized carbons (Fsp3) is 0.368. The first-order chi connectivity index (χ1) is 12.5. The van der Waals surface area contributed by atoms with Crippen molar-refractivity contribution in [2.75, 3.05) is 12.4 Å². The van der Waals surface area contributed by atoms with Gasteiger partial charge in [-0.2, -0.15) is 5.10 Å². The Morgan fingerprint density at radius 1 is 1.42 bits per heavy atom. The number of aryl methyl sites for hydroxylation is 1. The molecule has 136 valence electrons. The Morgan fingerprint density at radius 2 is 2.19 bits per heavy atom. The van der Waals surface area contributed by atoms with Crippen molar-refractivity contribution in [1.29, 1.82) is 0 Å². The highest BCUT2D eigenvalue weighted by atomic mass is 35.5. The lowest BCUT2D eigenvalue weighted by Gasteiger charge is -2.15. The molecule has 0 saturated heterocycles. The minimum Gasteiger partial charge on any atom is -0.493 e. The number of rotatable bonds is 5. The zero-order valence-corrected chi connectivity index (χ0v) is 15.6. The molecule has 1 amide bonds. The summed E-state index contributed by atoms with van der Waals surface area (Å²) in [6.45, 7) is 4.06. The number of carbonyl (C=O) groups is 1. The molecule has 6 nitrogen and oxygen atoms in total. The number of nitrogens with one attached hydrogen (secondary N) is 1. The van der Waals surface area contributed by atoms with Gasteiger partial charge in [-0.05, 0) is 44.7 Å². The van der Waals surface area contributed by atoms with Crippen LogP contribution in [0.5, 0.6) is 5.75 Å². The second-order valence-electron chi connectivity index (χ2n) is 6.79. The Kier molecular flexibility index (Phi) is 4.15. The number of nitrogens with zero attached hydrogens (tertiary/aromatic N) is 2. The van der Waals surface area contributed by atoms with Crippen LogP contribution in [0.1, 0.15) is 41.9 Å². The van der Waals surface area contributed by atoms with Crippen molar-refractivity contribution in [2.45, 2.75) is 32.7 Å². The number of benzene rings is 1. The van der Waals surface area contributed by atoms with Gasteiger partial charge in [-0.25, -0.2) is 4.68 Å². The van der Waals surface area contributed by atoms with Gasteiger partial charge in [0, 0.05) is 22.0 Å². The fourth-order valence-electron chi connectivity index (χ4n) is 3.21. The summed E-state index contributed by atoms with van der Waals surface area (Å²) < 4.78 is 12.9. The molecule has 1 aliphatic rings. The van der Waals surface area contributed by atoms with Gasteiger partial charge in [-0.3, -0.25) is 4.79 Å². The molecule has 1 aliphatic carbocycles. The van der Waals surface area contributed by atoms with Crippen molar-refractivity contribution in [2.24, 2.45) is 5.92 Å². The molecule has 0 spiro atoms. The third-order valence-corrected chi connectivity index (χ3v) is 5.11. The molecule has 2 heterocycles. The number of methoxy groups -OCH3 is 1. The number of furan rings is 1. The van der Waals surface area contributed by atoms with Gasteiger partial charge in [0.05, 0.1) is 19.3 Å². The molecule has 0 radical (unpaired) electrons. The Labute approximate surface area is 156 Å². The largest absolute Gasteiger partial charge is 0.493 e. The average Bonchev–Trinajstić information content (AvgIpc) is 3.29. The third-order valence-electron chi connectivity index (χ3n) is 4.89. The second-order valence-corrected chi connectivity index (χ2v) is 7.23. The predicted molar refractivity (Wildman–Crippen MR) is 100 cm³/mol. The second kappa shape index (κ2) is 6.36. The Bertz CT molecular complexity index is 987. The minimum absolute atomic E-state index is 0.201. The summed E-state index contributed by atoms with van der Waals surface area (Å²) in [4.78, 5) is 12.8. The van der Waals surface area contributed by atoms with Crippen molar-refractivity contribution >= 4 is 34.3 Å². The van der Waals surface area contributed by atoms with E-state index in [-0.39, 0.29) is 17.7 Å². The van der Waals surface area contributed by atoms with Gasteiger partial charge in [0.1, 0.15) is 5.82 Å². The molecule has 1 fully saturated rings. The van der Waals surface area contributed by atoms with Crippen LogP contribution in [-0.4, -0.2) is 22.8 Å². The van der Waals surface area contributed by atoms with Crippen molar-refractivity contribution < 1.29 is 13.9 Å². The molecular formula is C19H20ClN3O3. The van der Waals surface area contributed by atoms with E-state index < -0.39 is 0 Å². The predicted octanol–water partition coefficient (Wildman–Crippen LogP) is 4.82. The highest BCUT2D eigenvalue weighted by molar-refractivity contribution is 6.31. The maximum atomic E-state index is 12.8. The van der Waals surface area contributed by atoms with Crippen LogP contribution in [0.3, 0.4) is 0 Å². The molecule has 0 aliphatic heterocycles. The van der Waals surface area contributed by atoms with Crippen molar-refractivity contribution in [3.05, 3.63) is 40.7 Å². The van der Waals surface area contributed by atoms with Gasteiger partial charge < -0.3 is 14.5 Å². The Morgan fingerprint density at radius 3 is 2.88 bits per heavy atom. The van der Waals surface area contributed by atoms with Crippen molar-refractivity contribution in [3.8, 4) is 5.75 Å². The van der Waals surface area contributed by atoms with Gasteiger partial charge in [0.15, 0.2) is 17.1 Å². The lowest BCUT2D eigenvalue weighted by atomic mass is 10.2.